The molecule has 0 aliphatic carbocycles. The van der Waals surface area contributed by atoms with Gasteiger partial charge in [-0.25, -0.2) is 4.79 Å². The molecular formula is C10H17NO2. The second kappa shape index (κ2) is 6.29. The number of hydrogen-bond acceptors (Lipinski definition) is 2. The van der Waals surface area contributed by atoms with Gasteiger partial charge in [0.2, 0.25) is 0 Å². The van der Waals surface area contributed by atoms with Crippen molar-refractivity contribution in [3.05, 3.63) is 23.9 Å². The van der Waals surface area contributed by atoms with Gasteiger partial charge in [-0.05, 0) is 18.8 Å². The van der Waals surface area contributed by atoms with Gasteiger partial charge in [0.15, 0.2) is 0 Å². The lowest BCUT2D eigenvalue weighted by Crippen LogP contribution is -2.05. The van der Waals surface area contributed by atoms with Crippen molar-refractivity contribution < 1.29 is 9.90 Å². The van der Waals surface area contributed by atoms with E-state index >= 15 is 0 Å². The smallest absolute Gasteiger partial charge is 0.330 e. The van der Waals surface area contributed by atoms with Crippen molar-refractivity contribution in [2.45, 2.75) is 26.7 Å². The van der Waals surface area contributed by atoms with Crippen LogP contribution in [0.25, 0.3) is 0 Å². The van der Waals surface area contributed by atoms with Crippen LogP contribution in [0.3, 0.4) is 0 Å². The molecule has 0 heterocycles. The number of carboxylic acid groups (broad SMARTS) is 1. The average Bonchev–Trinajstić information content (AvgIpc) is 1.98. The van der Waals surface area contributed by atoms with Crippen molar-refractivity contribution in [2.24, 2.45) is 11.7 Å². The van der Waals surface area contributed by atoms with E-state index in [4.69, 9.17) is 10.8 Å². The molecular weight excluding hydrogens is 166 g/mol. The molecule has 0 spiro atoms. The molecule has 13 heavy (non-hydrogen) atoms. The molecule has 0 unspecified atom stereocenters. The van der Waals surface area contributed by atoms with Crippen molar-refractivity contribution in [1.29, 1.82) is 0 Å². The van der Waals surface area contributed by atoms with Gasteiger partial charge in [-0.15, -0.1) is 0 Å². The predicted molar refractivity (Wildman–Crippen MR) is 53.1 cm³/mol. The van der Waals surface area contributed by atoms with Crippen LogP contribution in [0.15, 0.2) is 23.9 Å². The first-order valence-corrected chi connectivity index (χ1v) is 4.41. The maximum atomic E-state index is 10.2. The van der Waals surface area contributed by atoms with Gasteiger partial charge in [-0.3, -0.25) is 0 Å². The zero-order valence-corrected chi connectivity index (χ0v) is 8.16. The van der Waals surface area contributed by atoms with Crippen molar-refractivity contribution in [3.8, 4) is 0 Å². The molecule has 0 aromatic heterocycles. The first-order valence-electron chi connectivity index (χ1n) is 4.41. The van der Waals surface area contributed by atoms with Crippen LogP contribution in [0.4, 0.5) is 0 Å². The van der Waals surface area contributed by atoms with Crippen molar-refractivity contribution in [3.63, 3.8) is 0 Å². The van der Waals surface area contributed by atoms with Gasteiger partial charge < -0.3 is 10.8 Å². The highest BCUT2D eigenvalue weighted by Crippen LogP contribution is 2.08. The normalized spacial score (nSPS) is 14.8. The predicted octanol–water partition coefficient (Wildman–Crippen LogP) is 1.91. The Morgan fingerprint density at radius 1 is 1.62 bits per heavy atom. The average molecular weight is 183 g/mol. The molecule has 0 amide bonds. The Kier molecular flexibility index (Phi) is 5.68. The van der Waals surface area contributed by atoms with Gasteiger partial charge in [0, 0.05) is 11.8 Å². The summed E-state index contributed by atoms with van der Waals surface area (Å²) >= 11 is 0. The van der Waals surface area contributed by atoms with Crippen LogP contribution in [0.5, 0.6) is 0 Å². The second-order valence-corrected chi connectivity index (χ2v) is 3.08. The summed E-state index contributed by atoms with van der Waals surface area (Å²) in [6, 6.07) is 0. The van der Waals surface area contributed by atoms with Gasteiger partial charge in [-0.1, -0.05) is 26.0 Å². The lowest BCUT2D eigenvalue weighted by molar-refractivity contribution is -0.131. The third kappa shape index (κ3) is 7.12. The number of allylic oxidation sites excluding steroid dienone is 3. The molecule has 0 fully saturated rings. The van der Waals surface area contributed by atoms with Gasteiger partial charge in [0.1, 0.15) is 0 Å². The van der Waals surface area contributed by atoms with Crippen molar-refractivity contribution >= 4 is 5.97 Å². The van der Waals surface area contributed by atoms with E-state index in [-0.39, 0.29) is 0 Å². The van der Waals surface area contributed by atoms with E-state index in [0.29, 0.717) is 18.0 Å². The number of rotatable bonds is 5. The van der Waals surface area contributed by atoms with E-state index in [1.54, 1.807) is 0 Å². The highest BCUT2D eigenvalue weighted by molar-refractivity contribution is 5.80. The Labute approximate surface area is 78.9 Å². The Balaban J connectivity index is 3.98. The number of nitrogens with two attached hydrogens (primary N) is 1. The minimum Gasteiger partial charge on any atom is -0.478 e. The van der Waals surface area contributed by atoms with Gasteiger partial charge in [-0.2, -0.15) is 0 Å². The largest absolute Gasteiger partial charge is 0.478 e. The zero-order chi connectivity index (χ0) is 10.3. The van der Waals surface area contributed by atoms with Gasteiger partial charge >= 0.3 is 5.97 Å². The molecule has 0 aromatic rings. The van der Waals surface area contributed by atoms with Crippen LogP contribution in [0.1, 0.15) is 26.7 Å². The third-order valence-electron chi connectivity index (χ3n) is 1.57. The van der Waals surface area contributed by atoms with E-state index in [2.05, 4.69) is 13.0 Å². The molecule has 0 aliphatic heterocycles. The number of carboxylic acids is 1. The van der Waals surface area contributed by atoms with Gasteiger partial charge in [0.25, 0.3) is 0 Å². The summed E-state index contributed by atoms with van der Waals surface area (Å²) in [6.07, 6.45) is 6.74. The molecule has 74 valence electrons. The first kappa shape index (κ1) is 11.8. The summed E-state index contributed by atoms with van der Waals surface area (Å²) in [7, 11) is 0. The molecule has 3 heteroatoms. The molecule has 3 nitrogen and oxygen atoms in total. The first-order chi connectivity index (χ1) is 6.06. The van der Waals surface area contributed by atoms with Crippen LogP contribution in [0, 0.1) is 5.92 Å². The highest BCUT2D eigenvalue weighted by Gasteiger charge is 2.00. The van der Waals surface area contributed by atoms with E-state index in [1.165, 1.54) is 0 Å². The molecule has 0 rings (SSSR count). The summed E-state index contributed by atoms with van der Waals surface area (Å²) in [5.41, 5.74) is 5.91. The number of aliphatic carboxylic acids is 1. The summed E-state index contributed by atoms with van der Waals surface area (Å²) in [4.78, 5) is 10.2. The van der Waals surface area contributed by atoms with Crippen LogP contribution in [-0.4, -0.2) is 11.1 Å². The number of carbonyl (C=O) groups is 1. The Bertz CT molecular complexity index is 219. The Morgan fingerprint density at radius 2 is 2.23 bits per heavy atom. The van der Waals surface area contributed by atoms with Crippen molar-refractivity contribution in [1.82, 2.24) is 0 Å². The van der Waals surface area contributed by atoms with E-state index in [1.807, 2.05) is 13.0 Å². The summed E-state index contributed by atoms with van der Waals surface area (Å²) in [5.74, 6) is -0.681. The fraction of sp³-hybridized carbons (Fsp3) is 0.500. The highest BCUT2D eigenvalue weighted by atomic mass is 16.4. The van der Waals surface area contributed by atoms with Gasteiger partial charge in [0.05, 0.1) is 0 Å². The molecule has 0 saturated heterocycles. The zero-order valence-electron chi connectivity index (χ0n) is 8.16. The monoisotopic (exact) mass is 183 g/mol. The fourth-order valence-electron chi connectivity index (χ4n) is 1.03. The Hall–Kier alpha value is -1.25. The molecule has 0 radical (unpaired) electrons. The maximum absolute atomic E-state index is 10.2. The SMILES string of the molecule is CCC=C[C@@H](C)CC(N)=CC(=O)O. The fourth-order valence-corrected chi connectivity index (χ4v) is 1.03. The van der Waals surface area contributed by atoms with Crippen LogP contribution in [0.2, 0.25) is 0 Å². The molecule has 0 bridgehead atoms. The molecule has 0 aliphatic rings. The minimum atomic E-state index is -0.982. The standard InChI is InChI=1S/C10H17NO2/c1-3-4-5-8(2)6-9(11)7-10(12)13/h4-5,7-8H,3,6,11H2,1-2H3,(H,12,13)/t8-/m1/s1. The molecule has 1 atom stereocenters. The minimum absolute atomic E-state index is 0.301. The summed E-state index contributed by atoms with van der Waals surface area (Å²) < 4.78 is 0. The summed E-state index contributed by atoms with van der Waals surface area (Å²) in [5, 5.41) is 8.40. The van der Waals surface area contributed by atoms with Crippen LogP contribution in [-0.2, 0) is 4.79 Å². The van der Waals surface area contributed by atoms with Crippen LogP contribution < -0.4 is 5.73 Å². The second-order valence-electron chi connectivity index (χ2n) is 3.08. The topological polar surface area (TPSA) is 63.3 Å². The van der Waals surface area contributed by atoms with Crippen molar-refractivity contribution in [2.75, 3.05) is 0 Å². The van der Waals surface area contributed by atoms with Crippen LogP contribution >= 0.6 is 0 Å². The lowest BCUT2D eigenvalue weighted by atomic mass is 10.0. The van der Waals surface area contributed by atoms with E-state index in [0.717, 1.165) is 12.5 Å². The molecule has 3 N–H and O–H groups in total. The van der Waals surface area contributed by atoms with E-state index in [9.17, 15) is 4.79 Å². The van der Waals surface area contributed by atoms with E-state index < -0.39 is 5.97 Å². The maximum Gasteiger partial charge on any atom is 0.330 e. The third-order valence-corrected chi connectivity index (χ3v) is 1.57. The Morgan fingerprint density at radius 3 is 2.69 bits per heavy atom. The molecule has 0 saturated carbocycles. The number of hydrogen-bond donors (Lipinski definition) is 2. The quantitative estimate of drug-likeness (QED) is 0.505. The summed E-state index contributed by atoms with van der Waals surface area (Å²) in [6.45, 7) is 4.06. The lowest BCUT2D eigenvalue weighted by Gasteiger charge is -2.04. The molecule has 0 aromatic carbocycles.